The second-order valence-corrected chi connectivity index (χ2v) is 8.40. The molecule has 0 amide bonds. The maximum Gasteiger partial charge on any atom is 0.242 e. The maximum atomic E-state index is 12.4. The summed E-state index contributed by atoms with van der Waals surface area (Å²) in [5.74, 6) is 0.567. The molecule has 0 bridgehead atoms. The van der Waals surface area contributed by atoms with E-state index in [-0.39, 0.29) is 0 Å². The lowest BCUT2D eigenvalue weighted by atomic mass is 10.1. The zero-order chi connectivity index (χ0) is 14.9. The van der Waals surface area contributed by atoms with Crippen LogP contribution >= 0.6 is 0 Å². The van der Waals surface area contributed by atoms with E-state index in [4.69, 9.17) is 0 Å². The molecular formula is C16H24N2O2S. The van der Waals surface area contributed by atoms with Crippen molar-refractivity contribution in [3.8, 4) is 0 Å². The minimum absolute atomic E-state index is 0.407. The summed E-state index contributed by atoms with van der Waals surface area (Å²) in [7, 11) is -1.64. The first kappa shape index (κ1) is 15.0. The highest BCUT2D eigenvalue weighted by molar-refractivity contribution is 7.89. The molecule has 3 rings (SSSR count). The largest absolute Gasteiger partial charge is 0.314 e. The Morgan fingerprint density at radius 1 is 1.14 bits per heavy atom. The molecule has 0 unspecified atom stereocenters. The first-order valence-electron chi connectivity index (χ1n) is 7.84. The lowest BCUT2D eigenvalue weighted by molar-refractivity contribution is 0.453. The average Bonchev–Trinajstić information content (AvgIpc) is 3.34. The highest BCUT2D eigenvalue weighted by Gasteiger charge is 2.29. The van der Waals surface area contributed by atoms with Gasteiger partial charge in [0.2, 0.25) is 10.0 Å². The fourth-order valence-electron chi connectivity index (χ4n) is 2.48. The van der Waals surface area contributed by atoms with Crippen molar-refractivity contribution in [2.75, 3.05) is 20.1 Å². The van der Waals surface area contributed by atoms with E-state index in [1.165, 1.54) is 22.7 Å². The highest BCUT2D eigenvalue weighted by Crippen LogP contribution is 2.31. The number of hydrogen-bond acceptors (Lipinski definition) is 3. The molecule has 1 aromatic carbocycles. The van der Waals surface area contributed by atoms with Crippen LogP contribution in [-0.2, 0) is 16.4 Å². The fraction of sp³-hybridized carbons (Fsp3) is 0.625. The number of benzene rings is 1. The van der Waals surface area contributed by atoms with Crippen LogP contribution in [0.2, 0.25) is 0 Å². The van der Waals surface area contributed by atoms with Gasteiger partial charge >= 0.3 is 0 Å². The van der Waals surface area contributed by atoms with Gasteiger partial charge in [-0.15, -0.1) is 0 Å². The number of nitrogens with zero attached hydrogens (tertiary/aromatic N) is 1. The molecule has 0 atom stereocenters. The van der Waals surface area contributed by atoms with Crippen molar-refractivity contribution in [3.63, 3.8) is 0 Å². The van der Waals surface area contributed by atoms with Crippen LogP contribution in [0.25, 0.3) is 0 Å². The number of rotatable bonds is 8. The van der Waals surface area contributed by atoms with Crippen LogP contribution in [0.15, 0.2) is 29.2 Å². The molecular weight excluding hydrogens is 284 g/mol. The van der Waals surface area contributed by atoms with Gasteiger partial charge in [-0.3, -0.25) is 0 Å². The van der Waals surface area contributed by atoms with Crippen LogP contribution in [0, 0.1) is 5.92 Å². The summed E-state index contributed by atoms with van der Waals surface area (Å²) in [6.07, 6.45) is 5.86. The third kappa shape index (κ3) is 4.05. The molecule has 2 aliphatic rings. The van der Waals surface area contributed by atoms with Crippen molar-refractivity contribution in [1.82, 2.24) is 9.62 Å². The van der Waals surface area contributed by atoms with Gasteiger partial charge in [-0.2, -0.15) is 0 Å². The summed E-state index contributed by atoms with van der Waals surface area (Å²) in [5.41, 5.74) is 1.19. The van der Waals surface area contributed by atoms with Gasteiger partial charge in [0.1, 0.15) is 0 Å². The van der Waals surface area contributed by atoms with Crippen LogP contribution in [-0.4, -0.2) is 38.9 Å². The minimum atomic E-state index is -3.32. The van der Waals surface area contributed by atoms with E-state index in [1.54, 1.807) is 19.2 Å². The summed E-state index contributed by atoms with van der Waals surface area (Å²) in [4.78, 5) is 0.407. The van der Waals surface area contributed by atoms with E-state index in [2.05, 4.69) is 5.32 Å². The molecule has 4 nitrogen and oxygen atoms in total. The van der Waals surface area contributed by atoms with E-state index >= 15 is 0 Å². The zero-order valence-electron chi connectivity index (χ0n) is 12.6. The molecule has 1 N–H and O–H groups in total. The van der Waals surface area contributed by atoms with Crippen molar-refractivity contribution in [2.24, 2.45) is 5.92 Å². The molecule has 2 fully saturated rings. The Bertz CT molecular complexity index is 575. The topological polar surface area (TPSA) is 49.4 Å². The Kier molecular flexibility index (Phi) is 4.33. The van der Waals surface area contributed by atoms with Gasteiger partial charge in [-0.05, 0) is 62.3 Å². The number of hydrogen-bond donors (Lipinski definition) is 1. The predicted molar refractivity (Wildman–Crippen MR) is 83.7 cm³/mol. The first-order valence-corrected chi connectivity index (χ1v) is 9.28. The van der Waals surface area contributed by atoms with Crippen molar-refractivity contribution >= 4 is 10.0 Å². The second-order valence-electron chi connectivity index (χ2n) is 6.35. The normalized spacial score (nSPS) is 19.1. The minimum Gasteiger partial charge on any atom is -0.314 e. The van der Waals surface area contributed by atoms with E-state index in [1.807, 2.05) is 12.1 Å². The second kappa shape index (κ2) is 6.07. The molecule has 1 aromatic rings. The van der Waals surface area contributed by atoms with Crippen molar-refractivity contribution < 1.29 is 8.42 Å². The van der Waals surface area contributed by atoms with E-state index < -0.39 is 10.0 Å². The van der Waals surface area contributed by atoms with Crippen molar-refractivity contribution in [1.29, 1.82) is 0 Å². The standard InChI is InChI=1S/C16H24N2O2S/c1-18(12-14-2-3-14)21(19,20)16-8-4-13(5-9-16)10-11-17-15-6-7-15/h4-5,8-9,14-15,17H,2-3,6-7,10-12H2,1H3. The van der Waals surface area contributed by atoms with Gasteiger partial charge in [-0.1, -0.05) is 12.1 Å². The van der Waals surface area contributed by atoms with E-state index in [0.29, 0.717) is 17.4 Å². The Hall–Kier alpha value is -0.910. The van der Waals surface area contributed by atoms with Crippen LogP contribution in [0.5, 0.6) is 0 Å². The molecule has 2 aliphatic carbocycles. The van der Waals surface area contributed by atoms with E-state index in [9.17, 15) is 8.42 Å². The van der Waals surface area contributed by atoms with E-state index in [0.717, 1.165) is 31.8 Å². The Balaban J connectivity index is 1.58. The van der Waals surface area contributed by atoms with Crippen LogP contribution < -0.4 is 5.32 Å². The van der Waals surface area contributed by atoms with Crippen LogP contribution in [0.3, 0.4) is 0 Å². The Morgan fingerprint density at radius 3 is 2.38 bits per heavy atom. The molecule has 21 heavy (non-hydrogen) atoms. The van der Waals surface area contributed by atoms with Crippen LogP contribution in [0.4, 0.5) is 0 Å². The molecule has 116 valence electrons. The van der Waals surface area contributed by atoms with Crippen LogP contribution in [0.1, 0.15) is 31.2 Å². The predicted octanol–water partition coefficient (Wildman–Crippen LogP) is 2.01. The molecule has 0 spiro atoms. The van der Waals surface area contributed by atoms with Crippen molar-refractivity contribution in [2.45, 2.75) is 43.0 Å². The first-order chi connectivity index (χ1) is 10.1. The molecule has 2 saturated carbocycles. The number of nitrogens with one attached hydrogen (secondary N) is 1. The molecule has 0 aromatic heterocycles. The van der Waals surface area contributed by atoms with Gasteiger partial charge in [0.05, 0.1) is 4.90 Å². The summed E-state index contributed by atoms with van der Waals surface area (Å²) in [5, 5.41) is 3.47. The summed E-state index contributed by atoms with van der Waals surface area (Å²) >= 11 is 0. The molecule has 0 radical (unpaired) electrons. The monoisotopic (exact) mass is 308 g/mol. The molecule has 5 heteroatoms. The van der Waals surface area contributed by atoms with Gasteiger partial charge in [0, 0.05) is 19.6 Å². The quantitative estimate of drug-likeness (QED) is 0.799. The third-order valence-corrected chi connectivity index (χ3v) is 6.11. The van der Waals surface area contributed by atoms with Gasteiger partial charge in [0.15, 0.2) is 0 Å². The Morgan fingerprint density at radius 2 is 1.81 bits per heavy atom. The molecule has 0 saturated heterocycles. The smallest absolute Gasteiger partial charge is 0.242 e. The SMILES string of the molecule is CN(CC1CC1)S(=O)(=O)c1ccc(CCNC2CC2)cc1. The maximum absolute atomic E-state index is 12.4. The third-order valence-electron chi connectivity index (χ3n) is 4.27. The van der Waals surface area contributed by atoms with Crippen molar-refractivity contribution in [3.05, 3.63) is 29.8 Å². The van der Waals surface area contributed by atoms with Gasteiger partial charge in [0.25, 0.3) is 0 Å². The lowest BCUT2D eigenvalue weighted by Gasteiger charge is -2.17. The lowest BCUT2D eigenvalue weighted by Crippen LogP contribution is -2.28. The highest BCUT2D eigenvalue weighted by atomic mass is 32.2. The zero-order valence-corrected chi connectivity index (χ0v) is 13.4. The summed E-state index contributed by atoms with van der Waals surface area (Å²) in [6.45, 7) is 1.62. The average molecular weight is 308 g/mol. The molecule has 0 aliphatic heterocycles. The number of sulfonamides is 1. The Labute approximate surface area is 127 Å². The fourth-order valence-corrected chi connectivity index (χ4v) is 3.73. The summed E-state index contributed by atoms with van der Waals surface area (Å²) in [6, 6.07) is 8.08. The summed E-state index contributed by atoms with van der Waals surface area (Å²) < 4.78 is 26.4. The van der Waals surface area contributed by atoms with Gasteiger partial charge < -0.3 is 5.32 Å². The molecule has 0 heterocycles. The van der Waals surface area contributed by atoms with Gasteiger partial charge in [-0.25, -0.2) is 12.7 Å².